The van der Waals surface area contributed by atoms with E-state index < -0.39 is 0 Å². The Kier molecular flexibility index (Phi) is 1.61. The molecule has 0 saturated carbocycles. The molecule has 1 aliphatic rings. The van der Waals surface area contributed by atoms with Crippen LogP contribution in [0.4, 0.5) is 0 Å². The Hall–Kier alpha value is -0.550. The van der Waals surface area contributed by atoms with E-state index in [1.54, 1.807) is 11.8 Å². The Morgan fingerprint density at radius 1 is 1.45 bits per heavy atom. The summed E-state index contributed by atoms with van der Waals surface area (Å²) in [4.78, 5) is 16.7. The number of nitrogens with one attached hydrogen (secondary N) is 2. The molecule has 2 N–H and O–H groups in total. The van der Waals surface area contributed by atoms with Gasteiger partial charge in [-0.1, -0.05) is 0 Å². The normalized spacial score (nSPS) is 14.9. The van der Waals surface area contributed by atoms with Gasteiger partial charge in [0.05, 0.1) is 5.03 Å². The van der Waals surface area contributed by atoms with Crippen LogP contribution in [0.25, 0.3) is 0 Å². The molecule has 0 fully saturated rings. The summed E-state index contributed by atoms with van der Waals surface area (Å²) in [6.07, 6.45) is 0.849. The fourth-order valence-corrected chi connectivity index (χ4v) is 2.41. The summed E-state index contributed by atoms with van der Waals surface area (Å²) in [5.41, 5.74) is 0.817. The van der Waals surface area contributed by atoms with Crippen molar-refractivity contribution in [2.75, 3.05) is 5.75 Å². The number of aromatic nitrogens is 2. The van der Waals surface area contributed by atoms with E-state index in [9.17, 15) is 4.79 Å². The predicted molar refractivity (Wildman–Crippen MR) is 46.7 cm³/mol. The van der Waals surface area contributed by atoms with Gasteiger partial charge in [0.15, 0.2) is 4.77 Å². The number of fused-ring (bicyclic) bond motifs is 1. The van der Waals surface area contributed by atoms with Crippen LogP contribution in [0.1, 0.15) is 5.56 Å². The summed E-state index contributed by atoms with van der Waals surface area (Å²) >= 11 is 6.47. The van der Waals surface area contributed by atoms with Crippen LogP contribution >= 0.6 is 24.0 Å². The SMILES string of the molecule is O=c1[nH]c(=S)[nH]c2c1CCS2. The first-order valence-corrected chi connectivity index (χ1v) is 4.65. The van der Waals surface area contributed by atoms with Gasteiger partial charge in [-0.3, -0.25) is 9.78 Å². The lowest BCUT2D eigenvalue weighted by Crippen LogP contribution is -2.12. The minimum atomic E-state index is -0.0336. The fraction of sp³-hybridized carbons (Fsp3) is 0.333. The molecule has 1 aromatic heterocycles. The molecule has 0 aliphatic carbocycles. The highest BCUT2D eigenvalue weighted by Crippen LogP contribution is 2.25. The number of H-pyrrole nitrogens is 2. The van der Waals surface area contributed by atoms with Gasteiger partial charge in [0.25, 0.3) is 5.56 Å². The standard InChI is InChI=1S/C6H6N2OS2/c9-4-3-1-2-11-5(3)8-6(10)7-4/h1-2H2,(H2,7,8,9,10). The first kappa shape index (κ1) is 7.12. The van der Waals surface area contributed by atoms with Crippen molar-refractivity contribution < 1.29 is 0 Å². The van der Waals surface area contributed by atoms with Crippen molar-refractivity contribution in [3.8, 4) is 0 Å². The molecule has 1 aromatic rings. The lowest BCUT2D eigenvalue weighted by Gasteiger charge is -1.94. The van der Waals surface area contributed by atoms with Crippen LogP contribution in [0.5, 0.6) is 0 Å². The molecule has 2 rings (SSSR count). The number of hydrogen-bond donors (Lipinski definition) is 2. The topological polar surface area (TPSA) is 48.6 Å². The first-order chi connectivity index (χ1) is 5.27. The molecule has 0 spiro atoms. The molecule has 0 amide bonds. The van der Waals surface area contributed by atoms with E-state index >= 15 is 0 Å². The Morgan fingerprint density at radius 2 is 2.27 bits per heavy atom. The highest BCUT2D eigenvalue weighted by Gasteiger charge is 2.14. The van der Waals surface area contributed by atoms with Crippen molar-refractivity contribution in [3.05, 3.63) is 20.7 Å². The minimum Gasteiger partial charge on any atom is -0.327 e. The van der Waals surface area contributed by atoms with Gasteiger partial charge >= 0.3 is 0 Å². The lowest BCUT2D eigenvalue weighted by molar-refractivity contribution is 0.931. The van der Waals surface area contributed by atoms with Crippen LogP contribution in [0.2, 0.25) is 0 Å². The zero-order chi connectivity index (χ0) is 7.84. The molecular weight excluding hydrogens is 180 g/mol. The van der Waals surface area contributed by atoms with Crippen LogP contribution in [-0.4, -0.2) is 15.7 Å². The van der Waals surface area contributed by atoms with Gasteiger partial charge < -0.3 is 4.98 Å². The van der Waals surface area contributed by atoms with Gasteiger partial charge in [0, 0.05) is 11.3 Å². The molecule has 0 unspecified atom stereocenters. The highest BCUT2D eigenvalue weighted by atomic mass is 32.2. The summed E-state index contributed by atoms with van der Waals surface area (Å²) in [6.45, 7) is 0. The molecular formula is C6H6N2OS2. The maximum atomic E-state index is 11.2. The third-order valence-electron chi connectivity index (χ3n) is 1.60. The summed E-state index contributed by atoms with van der Waals surface area (Å²) < 4.78 is 0.420. The molecule has 0 bridgehead atoms. The molecule has 0 atom stereocenters. The summed E-state index contributed by atoms with van der Waals surface area (Å²) in [6, 6.07) is 0. The van der Waals surface area contributed by atoms with E-state index in [0.29, 0.717) is 4.77 Å². The van der Waals surface area contributed by atoms with Gasteiger partial charge in [-0.25, -0.2) is 0 Å². The van der Waals surface area contributed by atoms with Gasteiger partial charge in [-0.05, 0) is 18.6 Å². The second-order valence-electron chi connectivity index (χ2n) is 2.31. The van der Waals surface area contributed by atoms with Crippen molar-refractivity contribution in [1.29, 1.82) is 0 Å². The number of hydrogen-bond acceptors (Lipinski definition) is 3. The predicted octanol–water partition coefficient (Wildman–Crippen LogP) is 1.08. The summed E-state index contributed by atoms with van der Waals surface area (Å²) in [5, 5.41) is 0.943. The van der Waals surface area contributed by atoms with Crippen molar-refractivity contribution in [1.82, 2.24) is 9.97 Å². The molecule has 0 saturated heterocycles. The van der Waals surface area contributed by atoms with Gasteiger partial charge in [0.1, 0.15) is 0 Å². The van der Waals surface area contributed by atoms with Gasteiger partial charge in [0.2, 0.25) is 0 Å². The van der Waals surface area contributed by atoms with Crippen molar-refractivity contribution in [3.63, 3.8) is 0 Å². The van der Waals surface area contributed by atoms with Gasteiger partial charge in [-0.2, -0.15) is 0 Å². The smallest absolute Gasteiger partial charge is 0.256 e. The number of thioether (sulfide) groups is 1. The summed E-state index contributed by atoms with van der Waals surface area (Å²) in [5.74, 6) is 0.980. The summed E-state index contributed by atoms with van der Waals surface area (Å²) in [7, 11) is 0. The molecule has 58 valence electrons. The average molecular weight is 186 g/mol. The molecule has 0 radical (unpaired) electrons. The zero-order valence-electron chi connectivity index (χ0n) is 5.64. The highest BCUT2D eigenvalue weighted by molar-refractivity contribution is 7.99. The molecule has 5 heteroatoms. The van der Waals surface area contributed by atoms with Crippen LogP contribution in [-0.2, 0) is 6.42 Å². The molecule has 0 aromatic carbocycles. The second-order valence-corrected chi connectivity index (χ2v) is 3.83. The van der Waals surface area contributed by atoms with E-state index in [2.05, 4.69) is 9.97 Å². The number of aromatic amines is 2. The third-order valence-corrected chi connectivity index (χ3v) is 2.85. The maximum absolute atomic E-state index is 11.2. The van der Waals surface area contributed by atoms with Crippen molar-refractivity contribution in [2.45, 2.75) is 11.4 Å². The molecule has 3 nitrogen and oxygen atoms in total. The monoisotopic (exact) mass is 186 g/mol. The third kappa shape index (κ3) is 1.14. The Bertz CT molecular complexity index is 392. The number of rotatable bonds is 0. The van der Waals surface area contributed by atoms with Gasteiger partial charge in [-0.15, -0.1) is 11.8 Å². The van der Waals surface area contributed by atoms with Crippen LogP contribution in [0, 0.1) is 4.77 Å². The maximum Gasteiger partial charge on any atom is 0.256 e. The Balaban J connectivity index is 2.80. The fourth-order valence-electron chi connectivity index (χ4n) is 1.10. The van der Waals surface area contributed by atoms with E-state index in [1.165, 1.54) is 0 Å². The Morgan fingerprint density at radius 3 is 3.09 bits per heavy atom. The van der Waals surface area contributed by atoms with Crippen molar-refractivity contribution >= 4 is 24.0 Å². The Labute approximate surface area is 72.2 Å². The van der Waals surface area contributed by atoms with Crippen molar-refractivity contribution in [2.24, 2.45) is 0 Å². The molecule has 11 heavy (non-hydrogen) atoms. The first-order valence-electron chi connectivity index (χ1n) is 3.25. The molecule has 1 aliphatic heterocycles. The lowest BCUT2D eigenvalue weighted by atomic mass is 10.3. The van der Waals surface area contributed by atoms with E-state index in [-0.39, 0.29) is 5.56 Å². The second kappa shape index (κ2) is 2.49. The van der Waals surface area contributed by atoms with E-state index in [4.69, 9.17) is 12.2 Å². The largest absolute Gasteiger partial charge is 0.327 e. The average Bonchev–Trinajstić information content (AvgIpc) is 2.34. The molecule has 2 heterocycles. The van der Waals surface area contributed by atoms with E-state index in [0.717, 1.165) is 22.8 Å². The quantitative estimate of drug-likeness (QED) is 0.471. The zero-order valence-corrected chi connectivity index (χ0v) is 7.27. The van der Waals surface area contributed by atoms with Crippen LogP contribution in [0.15, 0.2) is 9.82 Å². The van der Waals surface area contributed by atoms with Crippen LogP contribution in [0.3, 0.4) is 0 Å². The van der Waals surface area contributed by atoms with Crippen LogP contribution < -0.4 is 5.56 Å². The van der Waals surface area contributed by atoms with E-state index in [1.807, 2.05) is 0 Å². The minimum absolute atomic E-state index is 0.0336.